The first-order chi connectivity index (χ1) is 10.8. The molecule has 0 aliphatic carbocycles. The van der Waals surface area contributed by atoms with Crippen LogP contribution in [0, 0.1) is 0 Å². The monoisotopic (exact) mass is 312 g/mol. The largest absolute Gasteiger partial charge is 0.444 e. The summed E-state index contributed by atoms with van der Waals surface area (Å²) in [7, 11) is 0. The highest BCUT2D eigenvalue weighted by atomic mass is 16.6. The van der Waals surface area contributed by atoms with E-state index < -0.39 is 5.60 Å². The molecule has 1 aliphatic rings. The SMILES string of the molecule is CC(C)(C)OC(=O)N1CCC(N)c2cc3ccccc3cc2C1. The number of benzene rings is 2. The molecule has 0 bridgehead atoms. The van der Waals surface area contributed by atoms with Gasteiger partial charge in [-0.1, -0.05) is 24.3 Å². The molecule has 1 aliphatic heterocycles. The number of amides is 1. The Hall–Kier alpha value is -2.07. The summed E-state index contributed by atoms with van der Waals surface area (Å²) in [4.78, 5) is 14.2. The number of ether oxygens (including phenoxy) is 1. The Balaban J connectivity index is 1.94. The molecule has 0 fully saturated rings. The molecule has 1 atom stereocenters. The van der Waals surface area contributed by atoms with Crippen molar-refractivity contribution in [2.45, 2.75) is 45.4 Å². The molecule has 23 heavy (non-hydrogen) atoms. The molecule has 2 N–H and O–H groups in total. The smallest absolute Gasteiger partial charge is 0.410 e. The molecule has 4 nitrogen and oxygen atoms in total. The van der Waals surface area contributed by atoms with Crippen molar-refractivity contribution in [3.63, 3.8) is 0 Å². The van der Waals surface area contributed by atoms with Crippen molar-refractivity contribution in [2.75, 3.05) is 6.54 Å². The molecular formula is C19H24N2O2. The number of hydrogen-bond acceptors (Lipinski definition) is 3. The van der Waals surface area contributed by atoms with Gasteiger partial charge in [0.15, 0.2) is 0 Å². The van der Waals surface area contributed by atoms with Crippen LogP contribution >= 0.6 is 0 Å². The van der Waals surface area contributed by atoms with Crippen molar-refractivity contribution in [1.29, 1.82) is 0 Å². The van der Waals surface area contributed by atoms with Gasteiger partial charge in [0.05, 0.1) is 0 Å². The van der Waals surface area contributed by atoms with Crippen LogP contribution in [-0.2, 0) is 11.3 Å². The number of nitrogens with two attached hydrogens (primary N) is 1. The first kappa shape index (κ1) is 15.8. The highest BCUT2D eigenvalue weighted by Crippen LogP contribution is 2.30. The molecule has 2 aromatic rings. The van der Waals surface area contributed by atoms with Crippen LogP contribution in [-0.4, -0.2) is 23.1 Å². The Morgan fingerprint density at radius 2 is 1.87 bits per heavy atom. The third-order valence-electron chi connectivity index (χ3n) is 4.13. The maximum atomic E-state index is 12.4. The predicted molar refractivity (Wildman–Crippen MR) is 92.1 cm³/mol. The molecule has 0 aromatic heterocycles. The minimum absolute atomic E-state index is 0.0537. The van der Waals surface area contributed by atoms with Gasteiger partial charge in [0.25, 0.3) is 0 Å². The summed E-state index contributed by atoms with van der Waals surface area (Å²) in [5, 5.41) is 2.36. The van der Waals surface area contributed by atoms with Crippen LogP contribution < -0.4 is 5.73 Å². The van der Waals surface area contributed by atoms with E-state index in [9.17, 15) is 4.79 Å². The van der Waals surface area contributed by atoms with Crippen LogP contribution in [0.3, 0.4) is 0 Å². The molecule has 1 heterocycles. The summed E-state index contributed by atoms with van der Waals surface area (Å²) >= 11 is 0. The van der Waals surface area contributed by atoms with Gasteiger partial charge in [-0.3, -0.25) is 0 Å². The predicted octanol–water partition coefficient (Wildman–Crippen LogP) is 3.98. The van der Waals surface area contributed by atoms with Crippen molar-refractivity contribution in [3.8, 4) is 0 Å². The highest BCUT2D eigenvalue weighted by molar-refractivity contribution is 5.84. The summed E-state index contributed by atoms with van der Waals surface area (Å²) in [5.41, 5.74) is 8.10. The Labute approximate surface area is 137 Å². The second-order valence-electron chi connectivity index (χ2n) is 7.20. The van der Waals surface area contributed by atoms with Gasteiger partial charge in [0.1, 0.15) is 5.60 Å². The van der Waals surface area contributed by atoms with Crippen molar-refractivity contribution in [1.82, 2.24) is 4.90 Å². The van der Waals surface area contributed by atoms with Gasteiger partial charge in [-0.25, -0.2) is 4.79 Å². The van der Waals surface area contributed by atoms with E-state index in [1.807, 2.05) is 32.9 Å². The molecule has 2 aromatic carbocycles. The number of fused-ring (bicyclic) bond motifs is 2. The van der Waals surface area contributed by atoms with E-state index in [2.05, 4.69) is 24.3 Å². The topological polar surface area (TPSA) is 55.6 Å². The Bertz CT molecular complexity index is 734. The number of hydrogen-bond donors (Lipinski definition) is 1. The van der Waals surface area contributed by atoms with E-state index in [-0.39, 0.29) is 12.1 Å². The van der Waals surface area contributed by atoms with Crippen LogP contribution in [0.2, 0.25) is 0 Å². The zero-order valence-electron chi connectivity index (χ0n) is 14.0. The molecule has 4 heteroatoms. The highest BCUT2D eigenvalue weighted by Gasteiger charge is 2.27. The summed E-state index contributed by atoms with van der Waals surface area (Å²) in [6.07, 6.45) is 0.468. The molecular weight excluding hydrogens is 288 g/mol. The summed E-state index contributed by atoms with van der Waals surface area (Å²) in [6.45, 7) is 6.81. The fourth-order valence-corrected chi connectivity index (χ4v) is 3.00. The molecule has 0 radical (unpaired) electrons. The van der Waals surface area contributed by atoms with E-state index in [1.54, 1.807) is 4.90 Å². The summed E-state index contributed by atoms with van der Waals surface area (Å²) < 4.78 is 5.52. The first-order valence-corrected chi connectivity index (χ1v) is 8.08. The normalized spacial score (nSPS) is 18.4. The molecule has 0 saturated heterocycles. The van der Waals surface area contributed by atoms with Crippen LogP contribution in [0.4, 0.5) is 4.79 Å². The van der Waals surface area contributed by atoms with E-state index in [0.717, 1.165) is 17.5 Å². The lowest BCUT2D eigenvalue weighted by Crippen LogP contribution is -2.36. The van der Waals surface area contributed by atoms with E-state index in [0.29, 0.717) is 13.1 Å². The Kier molecular flexibility index (Phi) is 4.02. The molecule has 0 saturated carbocycles. The minimum atomic E-state index is -0.488. The number of carbonyl (C=O) groups excluding carboxylic acids is 1. The number of nitrogens with zero attached hydrogens (tertiary/aromatic N) is 1. The lowest BCUT2D eigenvalue weighted by Gasteiger charge is -2.26. The lowest BCUT2D eigenvalue weighted by atomic mass is 9.96. The fraction of sp³-hybridized carbons (Fsp3) is 0.421. The second kappa shape index (κ2) is 5.85. The average Bonchev–Trinajstić information content (AvgIpc) is 2.63. The average molecular weight is 312 g/mol. The third kappa shape index (κ3) is 3.48. The zero-order valence-corrected chi connectivity index (χ0v) is 14.0. The fourth-order valence-electron chi connectivity index (χ4n) is 3.00. The van der Waals surface area contributed by atoms with Gasteiger partial charge < -0.3 is 15.4 Å². The molecule has 1 amide bonds. The third-order valence-corrected chi connectivity index (χ3v) is 4.13. The maximum absolute atomic E-state index is 12.4. The van der Waals surface area contributed by atoms with Gasteiger partial charge in [-0.05, 0) is 61.2 Å². The van der Waals surface area contributed by atoms with Gasteiger partial charge in [0, 0.05) is 19.1 Å². The summed E-state index contributed by atoms with van der Waals surface area (Å²) in [5.74, 6) is 0. The van der Waals surface area contributed by atoms with Crippen LogP contribution in [0.15, 0.2) is 36.4 Å². The number of carbonyl (C=O) groups is 1. The first-order valence-electron chi connectivity index (χ1n) is 8.08. The van der Waals surface area contributed by atoms with Crippen LogP contribution in [0.1, 0.15) is 44.4 Å². The summed E-state index contributed by atoms with van der Waals surface area (Å²) in [6, 6.07) is 12.5. The second-order valence-corrected chi connectivity index (χ2v) is 7.20. The standard InChI is InChI=1S/C19H24N2O2/c1-19(2,3)23-18(22)21-9-8-17(20)16-11-14-7-5-4-6-13(14)10-15(16)12-21/h4-7,10-11,17H,8-9,12,20H2,1-3H3. The maximum Gasteiger partial charge on any atom is 0.410 e. The molecule has 1 unspecified atom stereocenters. The minimum Gasteiger partial charge on any atom is -0.444 e. The van der Waals surface area contributed by atoms with Gasteiger partial charge >= 0.3 is 6.09 Å². The molecule has 122 valence electrons. The van der Waals surface area contributed by atoms with Crippen molar-refractivity contribution in [2.24, 2.45) is 5.73 Å². The van der Waals surface area contributed by atoms with E-state index in [1.165, 1.54) is 10.8 Å². The van der Waals surface area contributed by atoms with Gasteiger partial charge in [0.2, 0.25) is 0 Å². The van der Waals surface area contributed by atoms with Crippen molar-refractivity contribution < 1.29 is 9.53 Å². The van der Waals surface area contributed by atoms with Crippen LogP contribution in [0.25, 0.3) is 10.8 Å². The van der Waals surface area contributed by atoms with Gasteiger partial charge in [-0.15, -0.1) is 0 Å². The van der Waals surface area contributed by atoms with Crippen molar-refractivity contribution >= 4 is 16.9 Å². The molecule has 0 spiro atoms. The number of rotatable bonds is 0. The van der Waals surface area contributed by atoms with Crippen molar-refractivity contribution in [3.05, 3.63) is 47.5 Å². The Morgan fingerprint density at radius 1 is 1.22 bits per heavy atom. The molecule has 3 rings (SSSR count). The van der Waals surface area contributed by atoms with Gasteiger partial charge in [-0.2, -0.15) is 0 Å². The lowest BCUT2D eigenvalue weighted by molar-refractivity contribution is 0.0235. The van der Waals surface area contributed by atoms with E-state index >= 15 is 0 Å². The van der Waals surface area contributed by atoms with E-state index in [4.69, 9.17) is 10.5 Å². The zero-order chi connectivity index (χ0) is 16.6. The Morgan fingerprint density at radius 3 is 2.52 bits per heavy atom. The van der Waals surface area contributed by atoms with Crippen LogP contribution in [0.5, 0.6) is 0 Å². The quantitative estimate of drug-likeness (QED) is 0.800.